The van der Waals surface area contributed by atoms with Crippen molar-refractivity contribution in [1.82, 2.24) is 14.7 Å². The van der Waals surface area contributed by atoms with Crippen LogP contribution in [0.2, 0.25) is 0 Å². The second kappa shape index (κ2) is 6.20. The van der Waals surface area contributed by atoms with Crippen LogP contribution in [-0.2, 0) is 25.5 Å². The summed E-state index contributed by atoms with van der Waals surface area (Å²) >= 11 is 0. The Balaban J connectivity index is 1.61. The van der Waals surface area contributed by atoms with Crippen molar-refractivity contribution in [2.75, 3.05) is 13.7 Å². The van der Waals surface area contributed by atoms with Gasteiger partial charge < -0.3 is 14.5 Å². The molecule has 2 aromatic heterocycles. The van der Waals surface area contributed by atoms with Crippen LogP contribution in [0.1, 0.15) is 30.0 Å². The summed E-state index contributed by atoms with van der Waals surface area (Å²) in [5, 5.41) is 2.39. The molecule has 120 valence electrons. The molecular formula is C16H17N3O4. The molecule has 1 fully saturated rings. The van der Waals surface area contributed by atoms with E-state index >= 15 is 0 Å². The monoisotopic (exact) mass is 315 g/mol. The van der Waals surface area contributed by atoms with Gasteiger partial charge in [-0.1, -0.05) is 6.07 Å². The summed E-state index contributed by atoms with van der Waals surface area (Å²) in [5.41, 5.74) is 2.68. The summed E-state index contributed by atoms with van der Waals surface area (Å²) in [6, 6.07) is 4.01. The molecule has 0 radical (unpaired) electrons. The molecule has 7 nitrogen and oxygen atoms in total. The smallest absolute Gasteiger partial charge is 0.376 e. The summed E-state index contributed by atoms with van der Waals surface area (Å²) in [6.45, 7) is -0.370. The number of imidazole rings is 1. The summed E-state index contributed by atoms with van der Waals surface area (Å²) < 4.78 is 6.20. The fraction of sp³-hybridized carbons (Fsp3) is 0.375. The van der Waals surface area contributed by atoms with E-state index in [1.54, 1.807) is 0 Å². The van der Waals surface area contributed by atoms with Crippen molar-refractivity contribution in [1.29, 1.82) is 0 Å². The number of ether oxygens (including phenoxy) is 1. The lowest BCUT2D eigenvalue weighted by Gasteiger charge is -2.01. The zero-order valence-corrected chi connectivity index (χ0v) is 12.7. The minimum Gasteiger partial charge on any atom is -0.463 e. The zero-order chi connectivity index (χ0) is 16.4. The standard InChI is InChI=1S/C16H17N3O4/c1-23-16(22)13(20)7-17-15(21)6-12-9-19-8-11(10-2-3-10)4-5-14(19)18-12/h4-5,8-10H,2-3,6-7H2,1H3,(H,17,21). The fourth-order valence-electron chi connectivity index (χ4n) is 2.40. The van der Waals surface area contributed by atoms with Crippen LogP contribution >= 0.6 is 0 Å². The Hall–Kier alpha value is -2.70. The third-order valence-electron chi connectivity index (χ3n) is 3.77. The van der Waals surface area contributed by atoms with Gasteiger partial charge in [0, 0.05) is 12.4 Å². The van der Waals surface area contributed by atoms with Gasteiger partial charge in [0.15, 0.2) is 0 Å². The molecule has 1 N–H and O–H groups in total. The molecule has 0 aromatic carbocycles. The van der Waals surface area contributed by atoms with Crippen molar-refractivity contribution in [2.24, 2.45) is 0 Å². The highest BCUT2D eigenvalue weighted by molar-refractivity contribution is 6.34. The Bertz CT molecular complexity index is 777. The molecule has 1 saturated carbocycles. The predicted molar refractivity (Wildman–Crippen MR) is 80.9 cm³/mol. The van der Waals surface area contributed by atoms with Crippen LogP contribution in [-0.4, -0.2) is 40.7 Å². The minimum atomic E-state index is -0.967. The van der Waals surface area contributed by atoms with E-state index in [1.807, 2.05) is 22.9 Å². The Morgan fingerprint density at radius 2 is 2.09 bits per heavy atom. The molecule has 1 amide bonds. The minimum absolute atomic E-state index is 0.0505. The van der Waals surface area contributed by atoms with Crippen LogP contribution < -0.4 is 5.32 Å². The van der Waals surface area contributed by atoms with Crippen molar-refractivity contribution in [3.8, 4) is 0 Å². The van der Waals surface area contributed by atoms with E-state index in [4.69, 9.17) is 0 Å². The number of Topliss-reactive ketones (excluding diaryl/α,β-unsaturated/α-hetero) is 1. The summed E-state index contributed by atoms with van der Waals surface area (Å²) in [6.07, 6.45) is 6.35. The number of fused-ring (bicyclic) bond motifs is 1. The van der Waals surface area contributed by atoms with Crippen molar-refractivity contribution >= 4 is 23.3 Å². The molecule has 2 aromatic rings. The molecule has 0 bridgehead atoms. The molecule has 1 aliphatic carbocycles. The lowest BCUT2D eigenvalue weighted by atomic mass is 10.2. The van der Waals surface area contributed by atoms with E-state index < -0.39 is 11.8 Å². The maximum atomic E-state index is 11.8. The first kappa shape index (κ1) is 15.2. The molecular weight excluding hydrogens is 298 g/mol. The number of nitrogens with zero attached hydrogens (tertiary/aromatic N) is 2. The van der Waals surface area contributed by atoms with Gasteiger partial charge in [-0.05, 0) is 30.4 Å². The molecule has 0 saturated heterocycles. The molecule has 3 rings (SSSR count). The Labute approximate surface area is 132 Å². The highest BCUT2D eigenvalue weighted by Crippen LogP contribution is 2.39. The van der Waals surface area contributed by atoms with Crippen molar-refractivity contribution < 1.29 is 19.1 Å². The number of amides is 1. The van der Waals surface area contributed by atoms with Gasteiger partial charge in [0.25, 0.3) is 5.78 Å². The zero-order valence-electron chi connectivity index (χ0n) is 12.7. The summed E-state index contributed by atoms with van der Waals surface area (Å²) in [5.74, 6) is -1.47. The van der Waals surface area contributed by atoms with E-state index in [2.05, 4.69) is 21.1 Å². The van der Waals surface area contributed by atoms with Gasteiger partial charge in [-0.25, -0.2) is 9.78 Å². The number of rotatable bonds is 6. The molecule has 2 heterocycles. The van der Waals surface area contributed by atoms with Crippen LogP contribution in [0.4, 0.5) is 0 Å². The van der Waals surface area contributed by atoms with Gasteiger partial charge >= 0.3 is 5.97 Å². The summed E-state index contributed by atoms with van der Waals surface area (Å²) in [4.78, 5) is 38.4. The van der Waals surface area contributed by atoms with Crippen LogP contribution in [0.3, 0.4) is 0 Å². The number of ketones is 1. The Morgan fingerprint density at radius 1 is 1.30 bits per heavy atom. The number of carbonyl (C=O) groups is 3. The first-order chi connectivity index (χ1) is 11.1. The van der Waals surface area contributed by atoms with Crippen LogP contribution in [0.5, 0.6) is 0 Å². The molecule has 0 unspecified atom stereocenters. The van der Waals surface area contributed by atoms with Crippen LogP contribution in [0.25, 0.3) is 5.65 Å². The summed E-state index contributed by atoms with van der Waals surface area (Å²) in [7, 11) is 1.12. The Morgan fingerprint density at radius 3 is 2.78 bits per heavy atom. The van der Waals surface area contributed by atoms with Crippen molar-refractivity contribution in [3.63, 3.8) is 0 Å². The van der Waals surface area contributed by atoms with Gasteiger partial charge in [0.05, 0.1) is 25.8 Å². The van der Waals surface area contributed by atoms with Crippen molar-refractivity contribution in [2.45, 2.75) is 25.2 Å². The van der Waals surface area contributed by atoms with E-state index in [0.29, 0.717) is 11.6 Å². The predicted octanol–water partition coefficient (Wildman–Crippen LogP) is 0.612. The van der Waals surface area contributed by atoms with E-state index in [1.165, 1.54) is 18.4 Å². The Kier molecular flexibility index (Phi) is 4.10. The van der Waals surface area contributed by atoms with Crippen LogP contribution in [0.15, 0.2) is 24.5 Å². The number of nitrogens with one attached hydrogen (secondary N) is 1. The van der Waals surface area contributed by atoms with Crippen LogP contribution in [0, 0.1) is 0 Å². The molecule has 0 atom stereocenters. The highest BCUT2D eigenvalue weighted by atomic mass is 16.5. The van der Waals surface area contributed by atoms with Gasteiger partial charge in [0.2, 0.25) is 5.91 Å². The fourth-order valence-corrected chi connectivity index (χ4v) is 2.40. The number of carbonyl (C=O) groups excluding carboxylic acids is 3. The number of aromatic nitrogens is 2. The second-order valence-corrected chi connectivity index (χ2v) is 5.60. The lowest BCUT2D eigenvalue weighted by Crippen LogP contribution is -2.34. The molecule has 1 aliphatic rings. The molecule has 7 heteroatoms. The van der Waals surface area contributed by atoms with Gasteiger partial charge in [0.1, 0.15) is 5.65 Å². The number of methoxy groups -OCH3 is 1. The number of esters is 1. The number of hydrogen-bond donors (Lipinski definition) is 1. The second-order valence-electron chi connectivity index (χ2n) is 5.60. The highest BCUT2D eigenvalue weighted by Gasteiger charge is 2.23. The first-order valence-corrected chi connectivity index (χ1v) is 7.42. The molecule has 0 spiro atoms. The van der Waals surface area contributed by atoms with Gasteiger partial charge in [-0.3, -0.25) is 9.59 Å². The van der Waals surface area contributed by atoms with Gasteiger partial charge in [-0.15, -0.1) is 0 Å². The third-order valence-corrected chi connectivity index (χ3v) is 3.77. The number of pyridine rings is 1. The molecule has 0 aliphatic heterocycles. The largest absolute Gasteiger partial charge is 0.463 e. The maximum Gasteiger partial charge on any atom is 0.376 e. The van der Waals surface area contributed by atoms with E-state index in [9.17, 15) is 14.4 Å². The topological polar surface area (TPSA) is 89.8 Å². The third kappa shape index (κ3) is 3.56. The maximum absolute atomic E-state index is 11.8. The van der Waals surface area contributed by atoms with Crippen molar-refractivity contribution in [3.05, 3.63) is 35.8 Å². The first-order valence-electron chi connectivity index (χ1n) is 7.42. The normalized spacial score (nSPS) is 13.8. The van der Waals surface area contributed by atoms with E-state index in [0.717, 1.165) is 12.8 Å². The SMILES string of the molecule is COC(=O)C(=O)CNC(=O)Cc1cn2cc(C3CC3)ccc2n1. The quantitative estimate of drug-likeness (QED) is 0.623. The molecule has 23 heavy (non-hydrogen) atoms. The average Bonchev–Trinajstić information content (AvgIpc) is 3.32. The average molecular weight is 315 g/mol. The van der Waals surface area contributed by atoms with E-state index in [-0.39, 0.29) is 18.9 Å². The number of hydrogen-bond acceptors (Lipinski definition) is 5. The van der Waals surface area contributed by atoms with Gasteiger partial charge in [-0.2, -0.15) is 0 Å². The lowest BCUT2D eigenvalue weighted by molar-refractivity contribution is -0.151.